The van der Waals surface area contributed by atoms with Gasteiger partial charge >= 0.3 is 0 Å². The number of anilines is 1. The Bertz CT molecular complexity index is 504. The number of ether oxygens (including phenoxy) is 1. The Morgan fingerprint density at radius 1 is 1.42 bits per heavy atom. The zero-order chi connectivity index (χ0) is 14.0. The molecule has 1 fully saturated rings. The highest BCUT2D eigenvalue weighted by molar-refractivity contribution is 7.80. The molecule has 0 aromatic heterocycles. The number of carbonyl (C=O) groups is 1. The SMILES string of the molecule is CC1CCC(C(=O)N(C)c2ccccc2C(N)=S)O1. The second-order valence-corrected chi connectivity index (χ2v) is 5.23. The molecule has 1 aromatic rings. The van der Waals surface area contributed by atoms with Gasteiger partial charge in [0, 0.05) is 12.6 Å². The summed E-state index contributed by atoms with van der Waals surface area (Å²) in [6, 6.07) is 7.37. The molecule has 2 N–H and O–H groups in total. The summed E-state index contributed by atoms with van der Waals surface area (Å²) in [5.74, 6) is -0.0481. The third-order valence-electron chi connectivity index (χ3n) is 3.37. The maximum absolute atomic E-state index is 12.4. The number of likely N-dealkylation sites (N-methyl/N-ethyl adjacent to an activating group) is 1. The molecule has 1 heterocycles. The predicted molar refractivity (Wildman–Crippen MR) is 79.3 cm³/mol. The fourth-order valence-electron chi connectivity index (χ4n) is 2.29. The maximum atomic E-state index is 12.4. The summed E-state index contributed by atoms with van der Waals surface area (Å²) < 4.78 is 5.61. The lowest BCUT2D eigenvalue weighted by Crippen LogP contribution is -2.37. The highest BCUT2D eigenvalue weighted by Gasteiger charge is 2.31. The van der Waals surface area contributed by atoms with Crippen molar-refractivity contribution in [2.45, 2.75) is 32.0 Å². The smallest absolute Gasteiger partial charge is 0.255 e. The molecule has 2 unspecified atom stereocenters. The Hall–Kier alpha value is -1.46. The summed E-state index contributed by atoms with van der Waals surface area (Å²) in [4.78, 5) is 14.3. The standard InChI is InChI=1S/C14H18N2O2S/c1-9-7-8-12(18-9)14(17)16(2)11-6-4-3-5-10(11)13(15)19/h3-6,9,12H,7-8H2,1-2H3,(H2,15,19). The molecule has 0 saturated carbocycles. The van der Waals surface area contributed by atoms with Gasteiger partial charge in [0.1, 0.15) is 11.1 Å². The lowest BCUT2D eigenvalue weighted by atomic mass is 10.1. The van der Waals surface area contributed by atoms with E-state index in [-0.39, 0.29) is 23.1 Å². The Kier molecular flexibility index (Phi) is 4.17. The fourth-order valence-corrected chi connectivity index (χ4v) is 2.47. The van der Waals surface area contributed by atoms with Crippen molar-refractivity contribution in [3.8, 4) is 0 Å². The maximum Gasteiger partial charge on any atom is 0.255 e. The molecule has 2 rings (SSSR count). The van der Waals surface area contributed by atoms with Gasteiger partial charge in [-0.3, -0.25) is 4.79 Å². The van der Waals surface area contributed by atoms with Crippen molar-refractivity contribution in [1.82, 2.24) is 0 Å². The first-order valence-corrected chi connectivity index (χ1v) is 6.73. The zero-order valence-corrected chi connectivity index (χ0v) is 11.9. The van der Waals surface area contributed by atoms with E-state index in [1.807, 2.05) is 31.2 Å². The first-order valence-electron chi connectivity index (χ1n) is 6.32. The molecular weight excluding hydrogens is 260 g/mol. The number of benzene rings is 1. The quantitative estimate of drug-likeness (QED) is 0.857. The second-order valence-electron chi connectivity index (χ2n) is 4.79. The molecule has 102 valence electrons. The van der Waals surface area contributed by atoms with Crippen molar-refractivity contribution in [2.24, 2.45) is 5.73 Å². The molecule has 1 saturated heterocycles. The van der Waals surface area contributed by atoms with Crippen LogP contribution < -0.4 is 10.6 Å². The Morgan fingerprint density at radius 2 is 2.11 bits per heavy atom. The fraction of sp³-hybridized carbons (Fsp3) is 0.429. The summed E-state index contributed by atoms with van der Waals surface area (Å²) >= 11 is 5.02. The van der Waals surface area contributed by atoms with E-state index in [2.05, 4.69) is 0 Å². The molecule has 0 aliphatic carbocycles. The van der Waals surface area contributed by atoms with Gasteiger partial charge in [0.25, 0.3) is 5.91 Å². The number of nitrogens with zero attached hydrogens (tertiary/aromatic N) is 1. The predicted octanol–water partition coefficient (Wildman–Crippen LogP) is 1.85. The molecule has 0 spiro atoms. The molecule has 2 atom stereocenters. The number of thiocarbonyl (C=S) groups is 1. The van der Waals surface area contributed by atoms with E-state index in [0.717, 1.165) is 18.5 Å². The van der Waals surface area contributed by atoms with Crippen LogP contribution in [0.1, 0.15) is 25.3 Å². The summed E-state index contributed by atoms with van der Waals surface area (Å²) in [5, 5.41) is 0. The van der Waals surface area contributed by atoms with Gasteiger partial charge in [-0.25, -0.2) is 0 Å². The molecule has 0 radical (unpaired) electrons. The van der Waals surface area contributed by atoms with Crippen molar-refractivity contribution in [3.05, 3.63) is 29.8 Å². The lowest BCUT2D eigenvalue weighted by molar-refractivity contribution is -0.128. The van der Waals surface area contributed by atoms with Crippen LogP contribution in [-0.2, 0) is 9.53 Å². The van der Waals surface area contributed by atoms with Gasteiger partial charge in [-0.15, -0.1) is 0 Å². The minimum Gasteiger partial charge on any atom is -0.389 e. The molecule has 1 aliphatic rings. The van der Waals surface area contributed by atoms with E-state index >= 15 is 0 Å². The topological polar surface area (TPSA) is 55.6 Å². The van der Waals surface area contributed by atoms with E-state index in [1.54, 1.807) is 11.9 Å². The van der Waals surface area contributed by atoms with Crippen molar-refractivity contribution in [1.29, 1.82) is 0 Å². The van der Waals surface area contributed by atoms with Crippen LogP contribution in [0.5, 0.6) is 0 Å². The highest BCUT2D eigenvalue weighted by Crippen LogP contribution is 2.25. The molecule has 4 nitrogen and oxygen atoms in total. The molecule has 1 aliphatic heterocycles. The van der Waals surface area contributed by atoms with Crippen molar-refractivity contribution >= 4 is 28.8 Å². The zero-order valence-electron chi connectivity index (χ0n) is 11.1. The number of hydrogen-bond donors (Lipinski definition) is 1. The van der Waals surface area contributed by atoms with Crippen LogP contribution in [-0.4, -0.2) is 30.2 Å². The largest absolute Gasteiger partial charge is 0.389 e. The molecule has 0 bridgehead atoms. The molecular formula is C14H18N2O2S. The van der Waals surface area contributed by atoms with Crippen LogP contribution in [0.2, 0.25) is 0 Å². The van der Waals surface area contributed by atoms with Gasteiger partial charge in [-0.2, -0.15) is 0 Å². The van der Waals surface area contributed by atoms with Crippen LogP contribution >= 0.6 is 12.2 Å². The Balaban J connectivity index is 2.22. The molecule has 1 aromatic carbocycles. The van der Waals surface area contributed by atoms with Crippen LogP contribution in [0.3, 0.4) is 0 Å². The minimum absolute atomic E-state index is 0.0481. The summed E-state index contributed by atoms with van der Waals surface area (Å²) in [7, 11) is 1.73. The summed E-state index contributed by atoms with van der Waals surface area (Å²) in [5.41, 5.74) is 7.12. The lowest BCUT2D eigenvalue weighted by Gasteiger charge is -2.23. The number of hydrogen-bond acceptors (Lipinski definition) is 3. The highest BCUT2D eigenvalue weighted by atomic mass is 32.1. The van der Waals surface area contributed by atoms with E-state index in [9.17, 15) is 4.79 Å². The van der Waals surface area contributed by atoms with Gasteiger partial charge in [0.2, 0.25) is 0 Å². The molecule has 19 heavy (non-hydrogen) atoms. The Labute approximate surface area is 118 Å². The summed E-state index contributed by atoms with van der Waals surface area (Å²) in [6.07, 6.45) is 1.47. The van der Waals surface area contributed by atoms with Gasteiger partial charge in [-0.1, -0.05) is 24.4 Å². The average molecular weight is 278 g/mol. The number of amides is 1. The average Bonchev–Trinajstić information content (AvgIpc) is 2.83. The van der Waals surface area contributed by atoms with Crippen molar-refractivity contribution in [3.63, 3.8) is 0 Å². The van der Waals surface area contributed by atoms with Crippen LogP contribution in [0.4, 0.5) is 5.69 Å². The number of carbonyl (C=O) groups excluding carboxylic acids is 1. The minimum atomic E-state index is -0.362. The normalized spacial score (nSPS) is 22.2. The van der Waals surface area contributed by atoms with Crippen molar-refractivity contribution < 1.29 is 9.53 Å². The van der Waals surface area contributed by atoms with E-state index in [0.29, 0.717) is 5.56 Å². The van der Waals surface area contributed by atoms with Crippen LogP contribution in [0, 0.1) is 0 Å². The molecule has 1 amide bonds. The monoisotopic (exact) mass is 278 g/mol. The van der Waals surface area contributed by atoms with Gasteiger partial charge < -0.3 is 15.4 Å². The van der Waals surface area contributed by atoms with Gasteiger partial charge in [-0.05, 0) is 31.9 Å². The third kappa shape index (κ3) is 2.93. The Morgan fingerprint density at radius 3 is 2.68 bits per heavy atom. The van der Waals surface area contributed by atoms with Crippen LogP contribution in [0.25, 0.3) is 0 Å². The van der Waals surface area contributed by atoms with E-state index < -0.39 is 0 Å². The number of para-hydroxylation sites is 1. The first kappa shape index (κ1) is 14.0. The third-order valence-corrected chi connectivity index (χ3v) is 3.59. The molecule has 5 heteroatoms. The summed E-state index contributed by atoms with van der Waals surface area (Å²) in [6.45, 7) is 1.98. The van der Waals surface area contributed by atoms with Crippen LogP contribution in [0.15, 0.2) is 24.3 Å². The van der Waals surface area contributed by atoms with Gasteiger partial charge in [0.05, 0.1) is 11.8 Å². The number of rotatable bonds is 3. The van der Waals surface area contributed by atoms with Gasteiger partial charge in [0.15, 0.2) is 0 Å². The van der Waals surface area contributed by atoms with E-state index in [1.165, 1.54) is 0 Å². The first-order chi connectivity index (χ1) is 9.00. The van der Waals surface area contributed by atoms with Crippen molar-refractivity contribution in [2.75, 3.05) is 11.9 Å². The van der Waals surface area contributed by atoms with E-state index in [4.69, 9.17) is 22.7 Å². The number of nitrogens with two attached hydrogens (primary N) is 1. The second kappa shape index (κ2) is 5.67.